The number of rotatable bonds is 11. The topological polar surface area (TPSA) is 88.1 Å². The van der Waals surface area contributed by atoms with Gasteiger partial charge < -0.3 is 18.9 Å². The molecule has 0 saturated heterocycles. The summed E-state index contributed by atoms with van der Waals surface area (Å²) >= 11 is 0. The van der Waals surface area contributed by atoms with Crippen molar-refractivity contribution in [1.29, 1.82) is 0 Å². The molecule has 0 saturated carbocycles. The molecule has 0 amide bonds. The third kappa shape index (κ3) is 8.21. The number of carbonyl (C=O) groups is 3. The second-order valence-corrected chi connectivity index (χ2v) is 11.1. The molecule has 7 heteroatoms. The quantitative estimate of drug-likeness (QED) is 0.0823. The van der Waals surface area contributed by atoms with Crippen LogP contribution in [0.25, 0.3) is 33.0 Å². The molecule has 0 spiro atoms. The van der Waals surface area contributed by atoms with E-state index in [2.05, 4.69) is 49.6 Å². The maximum atomic E-state index is 12.7. The average Bonchev–Trinajstić information content (AvgIpc) is 3.08. The molecule has 0 radical (unpaired) electrons. The summed E-state index contributed by atoms with van der Waals surface area (Å²) in [6, 6.07) is 32.8. The molecule has 236 valence electrons. The van der Waals surface area contributed by atoms with E-state index < -0.39 is 17.9 Å². The molecular weight excluding hydrogens is 592 g/mol. The van der Waals surface area contributed by atoms with E-state index in [-0.39, 0.29) is 29.1 Å². The molecule has 0 fully saturated rings. The highest BCUT2D eigenvalue weighted by molar-refractivity contribution is 5.92. The average molecular weight is 627 g/mol. The van der Waals surface area contributed by atoms with Crippen LogP contribution in [0.3, 0.4) is 0 Å². The van der Waals surface area contributed by atoms with Gasteiger partial charge in [0.25, 0.3) is 0 Å². The number of ether oxygens (including phenoxy) is 4. The summed E-state index contributed by atoms with van der Waals surface area (Å²) in [5, 5.41) is 2.26. The monoisotopic (exact) mass is 626 g/mol. The van der Waals surface area contributed by atoms with Gasteiger partial charge in [-0.05, 0) is 107 Å². The third-order valence-electron chi connectivity index (χ3n) is 7.41. The number of methoxy groups -OCH3 is 1. The lowest BCUT2D eigenvalue weighted by Crippen LogP contribution is -2.13. The lowest BCUT2D eigenvalue weighted by Gasteiger charge is -2.12. The van der Waals surface area contributed by atoms with Crippen molar-refractivity contribution in [3.8, 4) is 45.3 Å². The Morgan fingerprint density at radius 1 is 0.553 bits per heavy atom. The number of fused-ring (bicyclic) bond motifs is 1. The minimum Gasteiger partial charge on any atom is -0.497 e. The molecule has 0 aliphatic carbocycles. The minimum absolute atomic E-state index is 0.0421. The molecule has 0 unspecified atom stereocenters. The number of esters is 3. The minimum atomic E-state index is -0.666. The first kappa shape index (κ1) is 32.4. The first-order valence-electron chi connectivity index (χ1n) is 15.0. The Morgan fingerprint density at radius 3 is 1.55 bits per heavy atom. The molecule has 47 heavy (non-hydrogen) atoms. The molecule has 0 heterocycles. The summed E-state index contributed by atoms with van der Waals surface area (Å²) < 4.78 is 21.5. The molecule has 0 aliphatic heterocycles. The Balaban J connectivity index is 1.21. The molecule has 0 bridgehead atoms. The summed E-state index contributed by atoms with van der Waals surface area (Å²) in [4.78, 5) is 36.9. The van der Waals surface area contributed by atoms with Crippen molar-refractivity contribution < 1.29 is 33.3 Å². The van der Waals surface area contributed by atoms with Crippen LogP contribution in [0.1, 0.15) is 25.8 Å². The Kier molecular flexibility index (Phi) is 9.96. The molecular formula is C40H34O7. The normalized spacial score (nSPS) is 10.6. The Hall–Kier alpha value is -5.95. The van der Waals surface area contributed by atoms with Crippen LogP contribution in [0.2, 0.25) is 0 Å². The van der Waals surface area contributed by atoms with Gasteiger partial charge in [-0.3, -0.25) is 4.79 Å². The lowest BCUT2D eigenvalue weighted by atomic mass is 9.97. The molecule has 0 N–H and O–H groups in total. The lowest BCUT2D eigenvalue weighted by molar-refractivity contribution is -0.134. The first-order chi connectivity index (χ1) is 22.6. The van der Waals surface area contributed by atoms with Gasteiger partial charge in [-0.1, -0.05) is 67.8 Å². The summed E-state index contributed by atoms with van der Waals surface area (Å²) in [7, 11) is 1.66. The largest absolute Gasteiger partial charge is 0.497 e. The molecule has 0 aliphatic rings. The van der Waals surface area contributed by atoms with Crippen molar-refractivity contribution >= 4 is 28.7 Å². The molecule has 5 rings (SSSR count). The fourth-order valence-corrected chi connectivity index (χ4v) is 4.78. The van der Waals surface area contributed by atoms with E-state index in [1.165, 1.54) is 19.9 Å². The van der Waals surface area contributed by atoms with Crippen LogP contribution in [0.5, 0.6) is 23.0 Å². The zero-order chi connectivity index (χ0) is 33.5. The van der Waals surface area contributed by atoms with Crippen molar-refractivity contribution in [2.45, 2.75) is 26.7 Å². The van der Waals surface area contributed by atoms with Crippen molar-refractivity contribution in [3.63, 3.8) is 0 Å². The Bertz CT molecular complexity index is 1990. The van der Waals surface area contributed by atoms with Gasteiger partial charge >= 0.3 is 17.9 Å². The zero-order valence-electron chi connectivity index (χ0n) is 26.5. The van der Waals surface area contributed by atoms with Gasteiger partial charge in [0.05, 0.1) is 7.11 Å². The van der Waals surface area contributed by atoms with Gasteiger partial charge in [0, 0.05) is 17.6 Å². The number of hydrogen-bond acceptors (Lipinski definition) is 7. The number of carbonyl (C=O) groups excluding carboxylic acids is 3. The van der Waals surface area contributed by atoms with Gasteiger partial charge in [-0.25, -0.2) is 9.59 Å². The van der Waals surface area contributed by atoms with Crippen LogP contribution < -0.4 is 18.9 Å². The second-order valence-electron chi connectivity index (χ2n) is 11.1. The van der Waals surface area contributed by atoms with Crippen molar-refractivity contribution in [2.24, 2.45) is 0 Å². The molecule has 5 aromatic carbocycles. The molecule has 5 aromatic rings. The number of benzene rings is 5. The summed E-state index contributed by atoms with van der Waals surface area (Å²) in [6.45, 7) is 10.2. The van der Waals surface area contributed by atoms with E-state index in [1.54, 1.807) is 31.4 Å². The Labute approximate surface area is 273 Å². The smallest absolute Gasteiger partial charge is 0.338 e. The van der Waals surface area contributed by atoms with E-state index in [9.17, 15) is 14.4 Å². The fraction of sp³-hybridized carbons (Fsp3) is 0.125. The van der Waals surface area contributed by atoms with Gasteiger partial charge in [0.15, 0.2) is 11.5 Å². The highest BCUT2D eigenvalue weighted by Gasteiger charge is 2.16. The van der Waals surface area contributed by atoms with Crippen LogP contribution in [0.15, 0.2) is 127 Å². The highest BCUT2D eigenvalue weighted by atomic mass is 16.6. The van der Waals surface area contributed by atoms with Gasteiger partial charge in [-0.2, -0.15) is 0 Å². The van der Waals surface area contributed by atoms with Crippen LogP contribution in [0, 0.1) is 0 Å². The Morgan fingerprint density at radius 2 is 1.04 bits per heavy atom. The third-order valence-corrected chi connectivity index (χ3v) is 7.41. The number of hydrogen-bond donors (Lipinski definition) is 0. The molecule has 0 aromatic heterocycles. The maximum Gasteiger partial charge on any atom is 0.338 e. The summed E-state index contributed by atoms with van der Waals surface area (Å²) in [5.41, 5.74) is 5.36. The standard InChI is InChI=1S/C40H34O7/c1-25(2)39(42)46-36-20-6-27(22-37(36)47-40(43)26(3)4)7-21-38(41)45-35-18-14-29(15-19-35)31-9-11-32-23-30(8-10-33(32)24-31)28-12-16-34(44-5)17-13-28/h6,8-20,22-24H,1,3,7,21H2,2,4-5H3. The first-order valence-corrected chi connectivity index (χ1v) is 15.0. The summed E-state index contributed by atoms with van der Waals surface area (Å²) in [6.07, 6.45) is 0.379. The fourth-order valence-electron chi connectivity index (χ4n) is 4.78. The predicted molar refractivity (Wildman–Crippen MR) is 183 cm³/mol. The number of aryl methyl sites for hydroxylation is 1. The van der Waals surface area contributed by atoms with Crippen LogP contribution in [0.4, 0.5) is 0 Å². The van der Waals surface area contributed by atoms with Crippen LogP contribution in [-0.4, -0.2) is 25.0 Å². The predicted octanol–water partition coefficient (Wildman–Crippen LogP) is 8.68. The van der Waals surface area contributed by atoms with Gasteiger partial charge in [0.2, 0.25) is 0 Å². The molecule has 0 atom stereocenters. The highest BCUT2D eigenvalue weighted by Crippen LogP contribution is 2.32. The van der Waals surface area contributed by atoms with Gasteiger partial charge in [0.1, 0.15) is 11.5 Å². The van der Waals surface area contributed by atoms with E-state index in [0.717, 1.165) is 38.8 Å². The van der Waals surface area contributed by atoms with E-state index >= 15 is 0 Å². The van der Waals surface area contributed by atoms with Crippen molar-refractivity contribution in [2.75, 3.05) is 7.11 Å². The summed E-state index contributed by atoms with van der Waals surface area (Å²) in [5.74, 6) is -0.383. The van der Waals surface area contributed by atoms with Gasteiger partial charge in [-0.15, -0.1) is 0 Å². The van der Waals surface area contributed by atoms with E-state index in [0.29, 0.717) is 17.7 Å². The maximum absolute atomic E-state index is 12.7. The second kappa shape index (κ2) is 14.4. The zero-order valence-corrected chi connectivity index (χ0v) is 26.5. The van der Waals surface area contributed by atoms with Crippen LogP contribution in [-0.2, 0) is 20.8 Å². The van der Waals surface area contributed by atoms with E-state index in [1.807, 2.05) is 36.4 Å². The van der Waals surface area contributed by atoms with E-state index in [4.69, 9.17) is 18.9 Å². The SMILES string of the molecule is C=C(C)C(=O)Oc1ccc(CCC(=O)Oc2ccc(-c3ccc4cc(-c5ccc(OC)cc5)ccc4c3)cc2)cc1OC(=O)C(=C)C. The van der Waals surface area contributed by atoms with Crippen LogP contribution >= 0.6 is 0 Å². The van der Waals surface area contributed by atoms with Crippen molar-refractivity contribution in [1.82, 2.24) is 0 Å². The van der Waals surface area contributed by atoms with Crippen molar-refractivity contribution in [3.05, 3.63) is 133 Å². The molecule has 7 nitrogen and oxygen atoms in total.